The third kappa shape index (κ3) is 2.64. The van der Waals surface area contributed by atoms with Crippen LogP contribution in [0.25, 0.3) is 0 Å². The predicted octanol–water partition coefficient (Wildman–Crippen LogP) is 5.44. The lowest BCUT2D eigenvalue weighted by Crippen LogP contribution is -2.30. The highest BCUT2D eigenvalue weighted by Crippen LogP contribution is 2.52. The number of rotatable bonds is 2. The van der Waals surface area contributed by atoms with Crippen LogP contribution in [-0.2, 0) is 6.18 Å². The largest absolute Gasteiger partial charge is 0.418 e. The van der Waals surface area contributed by atoms with Crippen LogP contribution in [0.2, 0.25) is 0 Å². The number of hydrogen-bond donors (Lipinski definition) is 1. The average Bonchev–Trinajstić information content (AvgIpc) is 3.09. The van der Waals surface area contributed by atoms with E-state index >= 15 is 0 Å². The number of benzene rings is 2. The van der Waals surface area contributed by atoms with Gasteiger partial charge in [-0.3, -0.25) is 10.1 Å². The third-order valence-corrected chi connectivity index (χ3v) is 5.17. The first-order chi connectivity index (χ1) is 12.4. The molecule has 26 heavy (non-hydrogen) atoms. The molecule has 0 saturated heterocycles. The molecule has 134 valence electrons. The molecule has 2 aromatic carbocycles. The lowest BCUT2D eigenvalue weighted by molar-refractivity contribution is -0.384. The number of nitrogens with zero attached hydrogens (tertiary/aromatic N) is 1. The van der Waals surface area contributed by atoms with E-state index in [1.165, 1.54) is 18.2 Å². The molecular weight excluding hydrogens is 345 g/mol. The van der Waals surface area contributed by atoms with E-state index in [-0.39, 0.29) is 29.3 Å². The Morgan fingerprint density at radius 1 is 1.12 bits per heavy atom. The van der Waals surface area contributed by atoms with Gasteiger partial charge in [-0.15, -0.1) is 0 Å². The quantitative estimate of drug-likeness (QED) is 0.441. The molecule has 0 radical (unpaired) electrons. The fourth-order valence-electron chi connectivity index (χ4n) is 3.99. The molecule has 0 aromatic heterocycles. The normalized spacial score (nSPS) is 23.9. The molecule has 4 rings (SSSR count). The number of anilines is 1. The molecule has 0 spiro atoms. The van der Waals surface area contributed by atoms with Gasteiger partial charge in [0.2, 0.25) is 0 Å². The molecule has 0 unspecified atom stereocenters. The Kier molecular flexibility index (Phi) is 3.75. The van der Waals surface area contributed by atoms with Crippen LogP contribution in [0.3, 0.4) is 0 Å². The molecule has 1 N–H and O–H groups in total. The molecule has 1 heterocycles. The van der Waals surface area contributed by atoms with E-state index in [1.54, 1.807) is 18.2 Å². The second kappa shape index (κ2) is 5.86. The van der Waals surface area contributed by atoms with E-state index in [9.17, 15) is 23.3 Å². The van der Waals surface area contributed by atoms with Crippen molar-refractivity contribution in [2.24, 2.45) is 5.92 Å². The molecule has 4 nitrogen and oxygen atoms in total. The Bertz CT molecular complexity index is 891. The number of non-ortho nitro benzene ring substituents is 1. The molecular formula is C19H15F3N2O2. The Labute approximate surface area is 147 Å². The van der Waals surface area contributed by atoms with Crippen molar-refractivity contribution in [2.75, 3.05) is 5.32 Å². The standard InChI is InChI=1S/C19H15F3N2O2/c20-19(21,22)16-6-2-5-15-13-3-1-4-14(13)17(23-18(15)16)11-7-9-12(10-8-11)24(25)26/h1-3,5-10,13-14,17,23H,4H2/t13-,14-,17-/m1/s1. The number of halogens is 3. The smallest absolute Gasteiger partial charge is 0.377 e. The van der Waals surface area contributed by atoms with Crippen LogP contribution in [0.4, 0.5) is 24.5 Å². The maximum absolute atomic E-state index is 13.5. The molecule has 1 aliphatic heterocycles. The summed E-state index contributed by atoms with van der Waals surface area (Å²) in [5, 5.41) is 13.9. The number of nitro groups is 1. The minimum absolute atomic E-state index is 0.0398. The van der Waals surface area contributed by atoms with Crippen LogP contribution >= 0.6 is 0 Å². The maximum atomic E-state index is 13.5. The van der Waals surface area contributed by atoms with Crippen LogP contribution in [0.15, 0.2) is 54.6 Å². The Balaban J connectivity index is 1.79. The van der Waals surface area contributed by atoms with Gasteiger partial charge in [0.1, 0.15) is 0 Å². The SMILES string of the molecule is O=[N+]([O-])c1ccc([C@H]2Nc3c(cccc3C(F)(F)F)[C@@H]3C=CC[C@@H]23)cc1. The lowest BCUT2D eigenvalue weighted by Gasteiger charge is -2.38. The number of nitrogens with one attached hydrogen (secondary N) is 1. The molecule has 0 bridgehead atoms. The van der Waals surface area contributed by atoms with Crippen molar-refractivity contribution in [3.63, 3.8) is 0 Å². The van der Waals surface area contributed by atoms with Crippen LogP contribution in [0, 0.1) is 16.0 Å². The van der Waals surface area contributed by atoms with Crippen LogP contribution in [-0.4, -0.2) is 4.92 Å². The van der Waals surface area contributed by atoms with Gasteiger partial charge in [0.15, 0.2) is 0 Å². The Hall–Kier alpha value is -2.83. The number of para-hydroxylation sites is 1. The Morgan fingerprint density at radius 2 is 1.85 bits per heavy atom. The number of alkyl halides is 3. The minimum atomic E-state index is -4.45. The van der Waals surface area contributed by atoms with Crippen molar-refractivity contribution in [1.82, 2.24) is 0 Å². The zero-order valence-corrected chi connectivity index (χ0v) is 13.5. The summed E-state index contributed by atoms with van der Waals surface area (Å²) in [4.78, 5) is 10.4. The Morgan fingerprint density at radius 3 is 2.50 bits per heavy atom. The molecule has 0 fully saturated rings. The van der Waals surface area contributed by atoms with E-state index in [2.05, 4.69) is 5.32 Å². The van der Waals surface area contributed by atoms with Gasteiger partial charge in [0, 0.05) is 18.1 Å². The van der Waals surface area contributed by atoms with E-state index < -0.39 is 16.7 Å². The highest BCUT2D eigenvalue weighted by atomic mass is 19.4. The fourth-order valence-corrected chi connectivity index (χ4v) is 3.99. The van der Waals surface area contributed by atoms with Crippen molar-refractivity contribution in [2.45, 2.75) is 24.6 Å². The highest BCUT2D eigenvalue weighted by Gasteiger charge is 2.42. The third-order valence-electron chi connectivity index (χ3n) is 5.17. The molecule has 0 saturated carbocycles. The summed E-state index contributed by atoms with van der Waals surface area (Å²) in [6.45, 7) is 0. The van der Waals surface area contributed by atoms with Gasteiger partial charge in [-0.2, -0.15) is 13.2 Å². The molecule has 1 aliphatic carbocycles. The lowest BCUT2D eigenvalue weighted by atomic mass is 9.76. The van der Waals surface area contributed by atoms with Crippen LogP contribution in [0.5, 0.6) is 0 Å². The first-order valence-electron chi connectivity index (χ1n) is 8.24. The molecule has 2 aliphatic rings. The second-order valence-electron chi connectivity index (χ2n) is 6.59. The van der Waals surface area contributed by atoms with Crippen LogP contribution < -0.4 is 5.32 Å². The summed E-state index contributed by atoms with van der Waals surface area (Å²) in [6, 6.07) is 9.93. The monoisotopic (exact) mass is 360 g/mol. The maximum Gasteiger partial charge on any atom is 0.418 e. The van der Waals surface area contributed by atoms with Gasteiger partial charge in [-0.05, 0) is 29.5 Å². The van der Waals surface area contributed by atoms with E-state index in [4.69, 9.17) is 0 Å². The number of nitro benzene ring substituents is 1. The first-order valence-corrected chi connectivity index (χ1v) is 8.24. The van der Waals surface area contributed by atoms with Crippen molar-refractivity contribution >= 4 is 11.4 Å². The van der Waals surface area contributed by atoms with Gasteiger partial charge in [-0.25, -0.2) is 0 Å². The molecule has 7 heteroatoms. The predicted molar refractivity (Wildman–Crippen MR) is 90.9 cm³/mol. The number of allylic oxidation sites excluding steroid dienone is 2. The van der Waals surface area contributed by atoms with Crippen LogP contribution in [0.1, 0.15) is 35.1 Å². The molecule has 2 aromatic rings. The number of fused-ring (bicyclic) bond motifs is 3. The topological polar surface area (TPSA) is 55.2 Å². The fraction of sp³-hybridized carbons (Fsp3) is 0.263. The summed E-state index contributed by atoms with van der Waals surface area (Å²) in [5.74, 6) is -0.0267. The summed E-state index contributed by atoms with van der Waals surface area (Å²) in [5.41, 5.74) is 0.785. The van der Waals surface area contributed by atoms with Crippen molar-refractivity contribution in [1.29, 1.82) is 0 Å². The van der Waals surface area contributed by atoms with Crippen molar-refractivity contribution in [3.05, 3.63) is 81.4 Å². The molecule has 0 amide bonds. The van der Waals surface area contributed by atoms with E-state index in [0.29, 0.717) is 5.56 Å². The zero-order chi connectivity index (χ0) is 18.5. The van der Waals surface area contributed by atoms with Gasteiger partial charge in [-0.1, -0.05) is 36.4 Å². The first kappa shape index (κ1) is 16.6. The summed E-state index contributed by atoms with van der Waals surface area (Å²) in [6.07, 6.45) is 0.246. The number of hydrogen-bond acceptors (Lipinski definition) is 3. The van der Waals surface area contributed by atoms with E-state index in [1.807, 2.05) is 12.2 Å². The van der Waals surface area contributed by atoms with Crippen molar-refractivity contribution in [3.8, 4) is 0 Å². The zero-order valence-electron chi connectivity index (χ0n) is 13.5. The van der Waals surface area contributed by atoms with Gasteiger partial charge < -0.3 is 5.32 Å². The van der Waals surface area contributed by atoms with Gasteiger partial charge in [0.25, 0.3) is 5.69 Å². The second-order valence-corrected chi connectivity index (χ2v) is 6.59. The minimum Gasteiger partial charge on any atom is -0.377 e. The summed E-state index contributed by atoms with van der Waals surface area (Å²) in [7, 11) is 0. The summed E-state index contributed by atoms with van der Waals surface area (Å²) >= 11 is 0. The summed E-state index contributed by atoms with van der Waals surface area (Å²) < 4.78 is 40.4. The van der Waals surface area contributed by atoms with E-state index in [0.717, 1.165) is 18.1 Å². The van der Waals surface area contributed by atoms with Crippen molar-refractivity contribution < 1.29 is 18.1 Å². The average molecular weight is 360 g/mol. The highest BCUT2D eigenvalue weighted by molar-refractivity contribution is 5.65. The molecule has 3 atom stereocenters. The van der Waals surface area contributed by atoms with Gasteiger partial charge >= 0.3 is 6.18 Å². The van der Waals surface area contributed by atoms with Gasteiger partial charge in [0.05, 0.1) is 22.2 Å².